The number of carbonyl (C=O) groups excluding carboxylic acids is 2. The standard InChI is InChI=1S/C26H26F3N3O5.ClH/c1-2-3-8-21(30)24(34)36-14-17-13-32(25(35)37-17)16-10-9-15-11-22(31-23(33)19(15)12-16)18-6-4-5-7-20(18)26(27,28)29;/h4-7,9-12,17,21H,2-3,8,13-14,30H2,1H3,(H,31,33);1H/t17-,21+;/m1./s1. The summed E-state index contributed by atoms with van der Waals surface area (Å²) in [6.07, 6.45) is -3.80. The number of benzene rings is 2. The molecule has 8 nitrogen and oxygen atoms in total. The lowest BCUT2D eigenvalue weighted by Crippen LogP contribution is -2.34. The number of nitrogens with zero attached hydrogens (tertiary/aromatic N) is 1. The monoisotopic (exact) mass is 553 g/mol. The summed E-state index contributed by atoms with van der Waals surface area (Å²) in [6.45, 7) is 1.91. The fourth-order valence-electron chi connectivity index (χ4n) is 4.17. The van der Waals surface area contributed by atoms with Gasteiger partial charge in [-0.1, -0.05) is 44.0 Å². The average Bonchev–Trinajstić information content (AvgIpc) is 3.25. The first-order valence-corrected chi connectivity index (χ1v) is 11.8. The number of cyclic esters (lactones) is 1. The number of H-pyrrole nitrogens is 1. The number of esters is 1. The number of anilines is 1. The molecule has 1 aromatic heterocycles. The maximum atomic E-state index is 13.5. The number of nitrogens with one attached hydrogen (secondary N) is 1. The molecule has 2 heterocycles. The van der Waals surface area contributed by atoms with E-state index in [0.717, 1.165) is 18.9 Å². The molecule has 1 fully saturated rings. The van der Waals surface area contributed by atoms with Crippen LogP contribution in [0.4, 0.5) is 23.7 Å². The Balaban J connectivity index is 0.00000400. The summed E-state index contributed by atoms with van der Waals surface area (Å²) in [6, 6.07) is 10.3. The molecule has 204 valence electrons. The van der Waals surface area contributed by atoms with Gasteiger partial charge in [-0.05, 0) is 36.1 Å². The van der Waals surface area contributed by atoms with Crippen molar-refractivity contribution in [3.63, 3.8) is 0 Å². The highest BCUT2D eigenvalue weighted by Gasteiger charge is 2.35. The number of nitrogens with two attached hydrogens (primary N) is 1. The zero-order chi connectivity index (χ0) is 26.7. The van der Waals surface area contributed by atoms with Crippen LogP contribution in [0.25, 0.3) is 22.0 Å². The van der Waals surface area contributed by atoms with E-state index in [9.17, 15) is 27.6 Å². The van der Waals surface area contributed by atoms with E-state index >= 15 is 0 Å². The number of aromatic amines is 1. The minimum absolute atomic E-state index is 0. The van der Waals surface area contributed by atoms with Gasteiger partial charge < -0.3 is 20.2 Å². The van der Waals surface area contributed by atoms with Crippen LogP contribution in [0.3, 0.4) is 0 Å². The minimum Gasteiger partial charge on any atom is -0.461 e. The third-order valence-electron chi connectivity index (χ3n) is 6.12. The molecule has 3 N–H and O–H groups in total. The molecule has 3 aromatic rings. The van der Waals surface area contributed by atoms with Gasteiger partial charge in [0, 0.05) is 22.3 Å². The van der Waals surface area contributed by atoms with E-state index in [0.29, 0.717) is 17.5 Å². The Labute approximate surface area is 222 Å². The Morgan fingerprint density at radius 2 is 1.95 bits per heavy atom. The number of hydrogen-bond acceptors (Lipinski definition) is 6. The molecule has 1 aliphatic rings. The summed E-state index contributed by atoms with van der Waals surface area (Å²) in [5.41, 5.74) is 4.57. The number of fused-ring (bicyclic) bond motifs is 1. The topological polar surface area (TPSA) is 115 Å². The van der Waals surface area contributed by atoms with Gasteiger partial charge in [-0.15, -0.1) is 12.4 Å². The number of halogens is 4. The number of alkyl halides is 3. The Morgan fingerprint density at radius 1 is 1.21 bits per heavy atom. The Morgan fingerprint density at radius 3 is 2.66 bits per heavy atom. The van der Waals surface area contributed by atoms with Gasteiger partial charge in [-0.2, -0.15) is 13.2 Å². The van der Waals surface area contributed by atoms with Crippen molar-refractivity contribution in [2.45, 2.75) is 44.5 Å². The number of pyridine rings is 1. The van der Waals surface area contributed by atoms with Gasteiger partial charge in [0.05, 0.1) is 12.1 Å². The second kappa shape index (κ2) is 11.9. The van der Waals surface area contributed by atoms with E-state index in [-0.39, 0.29) is 42.2 Å². The van der Waals surface area contributed by atoms with E-state index in [2.05, 4.69) is 4.98 Å². The van der Waals surface area contributed by atoms with Crippen molar-refractivity contribution in [3.05, 3.63) is 64.4 Å². The van der Waals surface area contributed by atoms with Crippen LogP contribution in [0.5, 0.6) is 0 Å². The van der Waals surface area contributed by atoms with E-state index in [1.165, 1.54) is 35.2 Å². The largest absolute Gasteiger partial charge is 0.461 e. The maximum Gasteiger partial charge on any atom is 0.417 e. The molecule has 0 saturated carbocycles. The van der Waals surface area contributed by atoms with E-state index in [4.69, 9.17) is 15.2 Å². The molecule has 2 aromatic carbocycles. The van der Waals surface area contributed by atoms with E-state index < -0.39 is 41.5 Å². The van der Waals surface area contributed by atoms with Crippen LogP contribution >= 0.6 is 12.4 Å². The van der Waals surface area contributed by atoms with Crippen molar-refractivity contribution in [1.29, 1.82) is 0 Å². The van der Waals surface area contributed by atoms with Gasteiger partial charge in [0.15, 0.2) is 6.10 Å². The van der Waals surface area contributed by atoms with Crippen LogP contribution in [-0.2, 0) is 20.4 Å². The highest BCUT2D eigenvalue weighted by Crippen LogP contribution is 2.36. The number of amides is 1. The molecular weight excluding hydrogens is 527 g/mol. The number of carbonyl (C=O) groups is 2. The lowest BCUT2D eigenvalue weighted by Gasteiger charge is -2.15. The first-order chi connectivity index (χ1) is 17.6. The number of ether oxygens (including phenoxy) is 2. The van der Waals surface area contributed by atoms with Gasteiger partial charge >= 0.3 is 18.2 Å². The van der Waals surface area contributed by atoms with Crippen LogP contribution < -0.4 is 16.2 Å². The Hall–Kier alpha value is -3.57. The highest BCUT2D eigenvalue weighted by molar-refractivity contribution is 5.95. The van der Waals surface area contributed by atoms with Gasteiger partial charge in [0.25, 0.3) is 5.56 Å². The third kappa shape index (κ3) is 6.28. The van der Waals surface area contributed by atoms with Crippen LogP contribution in [0.2, 0.25) is 0 Å². The Bertz CT molecular complexity index is 1380. The Kier molecular flexibility index (Phi) is 9.05. The van der Waals surface area contributed by atoms with Gasteiger partial charge in [-0.25, -0.2) is 4.79 Å². The van der Waals surface area contributed by atoms with Crippen LogP contribution in [0.15, 0.2) is 53.3 Å². The summed E-state index contributed by atoms with van der Waals surface area (Å²) >= 11 is 0. The van der Waals surface area contributed by atoms with Crippen LogP contribution in [0.1, 0.15) is 31.7 Å². The summed E-state index contributed by atoms with van der Waals surface area (Å²) in [5.74, 6) is -0.567. The molecular formula is C26H27ClF3N3O5. The SMILES string of the molecule is CCCC[C@H](N)C(=O)OC[C@H]1CN(c2ccc3cc(-c4ccccc4C(F)(F)F)[nH]c(=O)c3c2)C(=O)O1.Cl. The fraction of sp³-hybridized carbons (Fsp3) is 0.346. The fourth-order valence-corrected chi connectivity index (χ4v) is 4.17. The molecule has 2 atom stereocenters. The second-order valence-electron chi connectivity index (χ2n) is 8.82. The predicted octanol–water partition coefficient (Wildman–Crippen LogP) is 5.02. The highest BCUT2D eigenvalue weighted by atomic mass is 35.5. The van der Waals surface area contributed by atoms with Crippen molar-refractivity contribution in [3.8, 4) is 11.3 Å². The lowest BCUT2D eigenvalue weighted by atomic mass is 10.0. The minimum atomic E-state index is -4.59. The smallest absolute Gasteiger partial charge is 0.417 e. The quantitative estimate of drug-likeness (QED) is 0.378. The summed E-state index contributed by atoms with van der Waals surface area (Å²) in [5, 5.41) is 0.592. The van der Waals surface area contributed by atoms with E-state index in [1.807, 2.05) is 6.92 Å². The maximum absolute atomic E-state index is 13.5. The molecule has 38 heavy (non-hydrogen) atoms. The van der Waals surface area contributed by atoms with Crippen LogP contribution in [0, 0.1) is 0 Å². The molecule has 1 saturated heterocycles. The summed E-state index contributed by atoms with van der Waals surface area (Å²) in [7, 11) is 0. The molecule has 1 amide bonds. The van der Waals surface area contributed by atoms with Gasteiger partial charge in [0.1, 0.15) is 12.6 Å². The molecule has 0 radical (unpaired) electrons. The molecule has 12 heteroatoms. The van der Waals surface area contributed by atoms with Crippen LogP contribution in [-0.4, -0.2) is 42.3 Å². The first-order valence-electron chi connectivity index (χ1n) is 11.8. The normalized spacial score (nSPS) is 16.2. The zero-order valence-electron chi connectivity index (χ0n) is 20.4. The molecule has 4 rings (SSSR count). The van der Waals surface area contributed by atoms with E-state index in [1.54, 1.807) is 12.1 Å². The molecule has 0 spiro atoms. The van der Waals surface area contributed by atoms with Gasteiger partial charge in [-0.3, -0.25) is 14.5 Å². The number of rotatable bonds is 8. The number of unbranched alkanes of at least 4 members (excludes halogenated alkanes) is 1. The van der Waals surface area contributed by atoms with Crippen molar-refractivity contribution in [2.24, 2.45) is 5.73 Å². The molecule has 0 bridgehead atoms. The number of hydrogen-bond donors (Lipinski definition) is 2. The summed E-state index contributed by atoms with van der Waals surface area (Å²) < 4.78 is 50.8. The predicted molar refractivity (Wildman–Crippen MR) is 138 cm³/mol. The third-order valence-corrected chi connectivity index (χ3v) is 6.12. The average molecular weight is 554 g/mol. The lowest BCUT2D eigenvalue weighted by molar-refractivity contribution is -0.147. The molecule has 1 aliphatic heterocycles. The molecule has 0 aliphatic carbocycles. The van der Waals surface area contributed by atoms with Gasteiger partial charge in [0.2, 0.25) is 0 Å². The van der Waals surface area contributed by atoms with Crippen molar-refractivity contribution in [2.75, 3.05) is 18.1 Å². The zero-order valence-corrected chi connectivity index (χ0v) is 21.2. The first kappa shape index (κ1) is 29.0. The molecule has 0 unspecified atom stereocenters. The number of aromatic nitrogens is 1. The summed E-state index contributed by atoms with van der Waals surface area (Å²) in [4.78, 5) is 41.1. The second-order valence-corrected chi connectivity index (χ2v) is 8.82. The van der Waals surface area contributed by atoms with Crippen molar-refractivity contribution in [1.82, 2.24) is 4.98 Å². The van der Waals surface area contributed by atoms with Crippen molar-refractivity contribution >= 4 is 40.9 Å². The van der Waals surface area contributed by atoms with Crippen molar-refractivity contribution < 1.29 is 32.2 Å².